The van der Waals surface area contributed by atoms with Gasteiger partial charge in [0, 0.05) is 5.56 Å². The minimum atomic E-state index is 0.442. The van der Waals surface area contributed by atoms with Crippen LogP contribution in [0.25, 0.3) is 11.3 Å². The Labute approximate surface area is 134 Å². The Bertz CT molecular complexity index is 586. The molecule has 0 unspecified atom stereocenters. The molecule has 0 spiro atoms. The lowest BCUT2D eigenvalue weighted by atomic mass is 9.75. The largest absolute Gasteiger partial charge is 0.460 e. The van der Waals surface area contributed by atoms with Crippen LogP contribution in [0.3, 0.4) is 0 Å². The zero-order valence-corrected chi connectivity index (χ0v) is 14.0. The SMILES string of the molecule is CC(C)(C)C1CCN(Cc2ccc(-c3ccccc3)o2)CC1. The van der Waals surface area contributed by atoms with Gasteiger partial charge >= 0.3 is 0 Å². The Morgan fingerprint density at radius 3 is 2.32 bits per heavy atom. The van der Waals surface area contributed by atoms with Gasteiger partial charge < -0.3 is 4.42 Å². The Balaban J connectivity index is 1.58. The van der Waals surface area contributed by atoms with Crippen molar-refractivity contribution < 1.29 is 4.42 Å². The average Bonchev–Trinajstić information content (AvgIpc) is 2.96. The predicted molar refractivity (Wildman–Crippen MR) is 91.6 cm³/mol. The van der Waals surface area contributed by atoms with Crippen LogP contribution >= 0.6 is 0 Å². The third-order valence-corrected chi connectivity index (χ3v) is 4.91. The number of piperidine rings is 1. The van der Waals surface area contributed by atoms with Crippen LogP contribution in [0, 0.1) is 11.3 Å². The molecular formula is C20H27NO. The van der Waals surface area contributed by atoms with Crippen LogP contribution in [0.1, 0.15) is 39.4 Å². The summed E-state index contributed by atoms with van der Waals surface area (Å²) in [5.74, 6) is 2.90. The van der Waals surface area contributed by atoms with Crippen molar-refractivity contribution in [1.82, 2.24) is 4.90 Å². The van der Waals surface area contributed by atoms with Crippen LogP contribution in [0.15, 0.2) is 46.9 Å². The molecule has 0 aliphatic carbocycles. The van der Waals surface area contributed by atoms with Gasteiger partial charge in [0.1, 0.15) is 11.5 Å². The first-order valence-electron chi connectivity index (χ1n) is 8.39. The second-order valence-corrected chi connectivity index (χ2v) is 7.55. The van der Waals surface area contributed by atoms with E-state index in [2.05, 4.69) is 62.1 Å². The minimum Gasteiger partial charge on any atom is -0.460 e. The zero-order chi connectivity index (χ0) is 15.6. The highest BCUT2D eigenvalue weighted by Gasteiger charge is 2.28. The zero-order valence-electron chi connectivity index (χ0n) is 14.0. The number of hydrogen-bond acceptors (Lipinski definition) is 2. The average molecular weight is 297 g/mol. The molecule has 2 aromatic rings. The molecule has 1 aromatic carbocycles. The van der Waals surface area contributed by atoms with E-state index in [0.717, 1.165) is 29.5 Å². The molecule has 0 saturated carbocycles. The number of nitrogens with zero attached hydrogens (tertiary/aromatic N) is 1. The van der Waals surface area contributed by atoms with Crippen LogP contribution in [0.2, 0.25) is 0 Å². The highest BCUT2D eigenvalue weighted by molar-refractivity contribution is 5.57. The Morgan fingerprint density at radius 1 is 1.00 bits per heavy atom. The summed E-state index contributed by atoms with van der Waals surface area (Å²) in [6, 6.07) is 14.5. The van der Waals surface area contributed by atoms with E-state index in [1.165, 1.54) is 25.9 Å². The molecule has 2 heterocycles. The van der Waals surface area contributed by atoms with Gasteiger partial charge in [-0.1, -0.05) is 51.1 Å². The smallest absolute Gasteiger partial charge is 0.134 e. The summed E-state index contributed by atoms with van der Waals surface area (Å²) in [5.41, 5.74) is 1.59. The number of benzene rings is 1. The standard InChI is InChI=1S/C20H27NO/c1-20(2,3)17-11-13-21(14-12-17)15-18-9-10-19(22-18)16-7-5-4-6-8-16/h4-10,17H,11-15H2,1-3H3. The summed E-state index contributed by atoms with van der Waals surface area (Å²) in [4.78, 5) is 2.52. The summed E-state index contributed by atoms with van der Waals surface area (Å²) in [6.07, 6.45) is 2.60. The lowest BCUT2D eigenvalue weighted by Crippen LogP contribution is -2.37. The normalized spacial score (nSPS) is 17.8. The van der Waals surface area contributed by atoms with Gasteiger partial charge in [-0.15, -0.1) is 0 Å². The number of rotatable bonds is 3. The van der Waals surface area contributed by atoms with Gasteiger partial charge in [-0.05, 0) is 49.4 Å². The van der Waals surface area contributed by atoms with Gasteiger partial charge in [-0.3, -0.25) is 4.90 Å². The van der Waals surface area contributed by atoms with Gasteiger partial charge in [0.05, 0.1) is 6.54 Å². The molecule has 1 fully saturated rings. The molecule has 1 aromatic heterocycles. The fourth-order valence-electron chi connectivity index (χ4n) is 3.40. The number of likely N-dealkylation sites (tertiary alicyclic amines) is 1. The van der Waals surface area contributed by atoms with Crippen molar-refractivity contribution in [2.75, 3.05) is 13.1 Å². The van der Waals surface area contributed by atoms with E-state index in [9.17, 15) is 0 Å². The third kappa shape index (κ3) is 3.61. The van der Waals surface area contributed by atoms with Gasteiger partial charge in [0.25, 0.3) is 0 Å². The molecule has 0 amide bonds. The topological polar surface area (TPSA) is 16.4 Å². The molecule has 22 heavy (non-hydrogen) atoms. The summed E-state index contributed by atoms with van der Waals surface area (Å²) < 4.78 is 6.02. The van der Waals surface area contributed by atoms with Crippen LogP contribution in [-0.4, -0.2) is 18.0 Å². The van der Waals surface area contributed by atoms with Crippen LogP contribution in [0.4, 0.5) is 0 Å². The summed E-state index contributed by atoms with van der Waals surface area (Å²) in [6.45, 7) is 10.4. The first kappa shape index (κ1) is 15.4. The highest BCUT2D eigenvalue weighted by atomic mass is 16.3. The second kappa shape index (κ2) is 6.29. The third-order valence-electron chi connectivity index (χ3n) is 4.91. The molecule has 2 heteroatoms. The van der Waals surface area contributed by atoms with Crippen LogP contribution < -0.4 is 0 Å². The van der Waals surface area contributed by atoms with E-state index in [1.54, 1.807) is 0 Å². The Morgan fingerprint density at radius 2 is 1.68 bits per heavy atom. The van der Waals surface area contributed by atoms with Crippen molar-refractivity contribution in [2.45, 2.75) is 40.2 Å². The van der Waals surface area contributed by atoms with Crippen molar-refractivity contribution in [2.24, 2.45) is 11.3 Å². The highest BCUT2D eigenvalue weighted by Crippen LogP contribution is 2.34. The quantitative estimate of drug-likeness (QED) is 0.773. The maximum absolute atomic E-state index is 6.02. The lowest BCUT2D eigenvalue weighted by molar-refractivity contribution is 0.103. The maximum atomic E-state index is 6.02. The van der Waals surface area contributed by atoms with Gasteiger partial charge in [-0.2, -0.15) is 0 Å². The van der Waals surface area contributed by atoms with Crippen molar-refractivity contribution in [3.05, 3.63) is 48.2 Å². The Kier molecular flexibility index (Phi) is 4.39. The lowest BCUT2D eigenvalue weighted by Gasteiger charge is -2.38. The molecule has 0 bridgehead atoms. The molecule has 2 nitrogen and oxygen atoms in total. The first-order valence-corrected chi connectivity index (χ1v) is 8.39. The first-order chi connectivity index (χ1) is 10.5. The van der Waals surface area contributed by atoms with Crippen molar-refractivity contribution in [3.63, 3.8) is 0 Å². The van der Waals surface area contributed by atoms with Gasteiger partial charge in [0.2, 0.25) is 0 Å². The van der Waals surface area contributed by atoms with E-state index in [0.29, 0.717) is 5.41 Å². The van der Waals surface area contributed by atoms with E-state index in [4.69, 9.17) is 4.42 Å². The summed E-state index contributed by atoms with van der Waals surface area (Å²) >= 11 is 0. The summed E-state index contributed by atoms with van der Waals surface area (Å²) in [5, 5.41) is 0. The molecule has 118 valence electrons. The monoisotopic (exact) mass is 297 g/mol. The van der Waals surface area contributed by atoms with E-state index < -0.39 is 0 Å². The van der Waals surface area contributed by atoms with Crippen molar-refractivity contribution in [1.29, 1.82) is 0 Å². The van der Waals surface area contributed by atoms with E-state index in [-0.39, 0.29) is 0 Å². The van der Waals surface area contributed by atoms with Crippen LogP contribution in [-0.2, 0) is 6.54 Å². The van der Waals surface area contributed by atoms with Crippen LogP contribution in [0.5, 0.6) is 0 Å². The molecule has 1 aliphatic rings. The molecule has 1 saturated heterocycles. The number of hydrogen-bond donors (Lipinski definition) is 0. The summed E-state index contributed by atoms with van der Waals surface area (Å²) in [7, 11) is 0. The number of furan rings is 1. The molecule has 0 N–H and O–H groups in total. The minimum absolute atomic E-state index is 0.442. The fourth-order valence-corrected chi connectivity index (χ4v) is 3.40. The van der Waals surface area contributed by atoms with E-state index >= 15 is 0 Å². The fraction of sp³-hybridized carbons (Fsp3) is 0.500. The van der Waals surface area contributed by atoms with E-state index in [1.807, 2.05) is 6.07 Å². The van der Waals surface area contributed by atoms with Gasteiger partial charge in [-0.25, -0.2) is 0 Å². The molecule has 1 aliphatic heterocycles. The van der Waals surface area contributed by atoms with Crippen molar-refractivity contribution in [3.8, 4) is 11.3 Å². The molecule has 0 atom stereocenters. The Hall–Kier alpha value is -1.54. The molecular weight excluding hydrogens is 270 g/mol. The maximum Gasteiger partial charge on any atom is 0.134 e. The molecule has 0 radical (unpaired) electrons. The molecule has 3 rings (SSSR count). The predicted octanol–water partition coefficient (Wildman–Crippen LogP) is 5.20. The van der Waals surface area contributed by atoms with Gasteiger partial charge in [0.15, 0.2) is 0 Å². The van der Waals surface area contributed by atoms with Crippen molar-refractivity contribution >= 4 is 0 Å². The second-order valence-electron chi connectivity index (χ2n) is 7.55.